The fraction of sp³-hybridized carbons (Fsp3) is 0.738. The van der Waals surface area contributed by atoms with Crippen LogP contribution in [0, 0.1) is 34.5 Å². The number of phenols is 1. The van der Waals surface area contributed by atoms with Crippen LogP contribution >= 0.6 is 0 Å². The van der Waals surface area contributed by atoms with Gasteiger partial charge in [0.25, 0.3) is 0 Å². The highest BCUT2D eigenvalue weighted by atomic mass is 16.7. The van der Waals surface area contributed by atoms with E-state index in [2.05, 4.69) is 6.92 Å². The Morgan fingerprint density at radius 2 is 1.56 bits per heavy atom. The third kappa shape index (κ3) is 6.28. The van der Waals surface area contributed by atoms with Gasteiger partial charge in [0.1, 0.15) is 23.7 Å². The summed E-state index contributed by atoms with van der Waals surface area (Å²) in [6.07, 6.45) is 2.71. The van der Waals surface area contributed by atoms with Crippen LogP contribution in [0.1, 0.15) is 97.5 Å². The fourth-order valence-electron chi connectivity index (χ4n) is 12.1. The summed E-state index contributed by atoms with van der Waals surface area (Å²) in [4.78, 5) is 12.7. The molecule has 0 amide bonds. The predicted octanol–water partition coefficient (Wildman–Crippen LogP) is 4.08. The molecule has 4 unspecified atom stereocenters. The number of hydrogen-bond acceptors (Lipinski definition) is 12. The number of ether oxygens (including phenoxy) is 5. The van der Waals surface area contributed by atoms with Crippen LogP contribution in [-0.4, -0.2) is 104 Å². The van der Waals surface area contributed by atoms with Crippen molar-refractivity contribution in [2.24, 2.45) is 34.5 Å². The fourth-order valence-corrected chi connectivity index (χ4v) is 12.1. The van der Waals surface area contributed by atoms with Crippen LogP contribution in [-0.2, 0) is 28.5 Å². The number of benzene rings is 1. The van der Waals surface area contributed by atoms with Gasteiger partial charge in [-0.3, -0.25) is 0 Å². The first kappa shape index (κ1) is 38.5. The minimum atomic E-state index is -1.13. The average Bonchev–Trinajstić information content (AvgIpc) is 3.62. The molecule has 7 aliphatic rings. The molecule has 54 heavy (non-hydrogen) atoms. The number of esters is 1. The summed E-state index contributed by atoms with van der Waals surface area (Å²) in [5, 5.41) is 66.8. The van der Waals surface area contributed by atoms with Crippen LogP contribution in [0.4, 0.5) is 0 Å². The number of carbonyl (C=O) groups is 1. The van der Waals surface area contributed by atoms with Crippen molar-refractivity contribution in [1.82, 2.24) is 0 Å². The van der Waals surface area contributed by atoms with Crippen molar-refractivity contribution >= 4 is 12.0 Å². The van der Waals surface area contributed by atoms with E-state index in [-0.39, 0.29) is 47.9 Å². The quantitative estimate of drug-likeness (QED) is 0.181. The minimum Gasteiger partial charge on any atom is -0.507 e. The Hall–Kier alpha value is -2.39. The Bertz CT molecular complexity index is 1620. The molecule has 12 heteroatoms. The summed E-state index contributed by atoms with van der Waals surface area (Å²) >= 11 is 0. The largest absolute Gasteiger partial charge is 0.507 e. The van der Waals surface area contributed by atoms with E-state index < -0.39 is 72.3 Å². The number of fused-ring (bicyclic) bond motifs is 5. The van der Waals surface area contributed by atoms with Crippen molar-refractivity contribution in [3.8, 4) is 5.75 Å². The van der Waals surface area contributed by atoms with Gasteiger partial charge in [0.05, 0.1) is 42.2 Å². The Morgan fingerprint density at radius 3 is 2.30 bits per heavy atom. The number of aliphatic hydroxyl groups excluding tert-OH is 4. The number of para-hydroxylation sites is 1. The van der Waals surface area contributed by atoms with Gasteiger partial charge in [0, 0.05) is 35.5 Å². The Labute approximate surface area is 317 Å². The second-order valence-corrected chi connectivity index (χ2v) is 17.9. The highest BCUT2D eigenvalue weighted by Gasteiger charge is 2.71. The smallest absolute Gasteiger partial charge is 0.336 e. The van der Waals surface area contributed by atoms with Crippen LogP contribution in [0.15, 0.2) is 41.7 Å². The molecular weight excluding hydrogens is 696 g/mol. The number of phenolic OH excluding ortho intramolecular Hbond substituents is 1. The van der Waals surface area contributed by atoms with E-state index in [9.17, 15) is 35.4 Å². The van der Waals surface area contributed by atoms with Gasteiger partial charge in [0.15, 0.2) is 12.6 Å². The monoisotopic (exact) mass is 754 g/mol. The van der Waals surface area contributed by atoms with Crippen LogP contribution in [0.2, 0.25) is 0 Å². The molecule has 1 aromatic carbocycles. The summed E-state index contributed by atoms with van der Waals surface area (Å²) in [6, 6.07) is 6.87. The maximum atomic E-state index is 12.9. The first-order valence-corrected chi connectivity index (χ1v) is 20.1. The van der Waals surface area contributed by atoms with Crippen molar-refractivity contribution in [2.45, 2.75) is 159 Å². The van der Waals surface area contributed by atoms with Crippen molar-refractivity contribution in [2.75, 3.05) is 0 Å². The third-order valence-electron chi connectivity index (χ3n) is 15.2. The number of aliphatic hydroxyl groups is 5. The molecule has 0 radical (unpaired) electrons. The molecule has 4 saturated carbocycles. The molecular formula is C42H58O12. The molecule has 17 atom stereocenters. The topological polar surface area (TPSA) is 185 Å². The number of hydrogen-bond donors (Lipinski definition) is 6. The molecule has 6 N–H and O–H groups in total. The molecule has 1 aromatic rings. The number of carbonyl (C=O) groups excluding carboxylic acids is 1. The lowest BCUT2D eigenvalue weighted by Gasteiger charge is -2.65. The van der Waals surface area contributed by atoms with E-state index in [1.165, 1.54) is 6.08 Å². The predicted molar refractivity (Wildman–Crippen MR) is 194 cm³/mol. The summed E-state index contributed by atoms with van der Waals surface area (Å²) in [5.41, 5.74) is -0.921. The van der Waals surface area contributed by atoms with E-state index >= 15 is 0 Å². The third-order valence-corrected chi connectivity index (χ3v) is 15.2. The van der Waals surface area contributed by atoms with Gasteiger partial charge in [-0.1, -0.05) is 32.0 Å². The molecule has 0 spiro atoms. The lowest BCUT2D eigenvalue weighted by Crippen LogP contribution is -2.67. The number of rotatable bonds is 6. The molecule has 12 nitrogen and oxygen atoms in total. The second kappa shape index (κ2) is 14.2. The van der Waals surface area contributed by atoms with Crippen molar-refractivity contribution in [1.29, 1.82) is 0 Å². The Kier molecular flexibility index (Phi) is 10.1. The highest BCUT2D eigenvalue weighted by molar-refractivity contribution is 5.90. The number of aromatic hydroxyl groups is 1. The second-order valence-electron chi connectivity index (χ2n) is 17.9. The SMILES string of the molecule is CC1O[C@@H](OC2C(C)O[C@@H](O[C@H]3CC[C@@]4(C)[C@H](CC[C@@H]5[C@@H]4C[C@@H](O)[C@]4(C)[C@@H](C6=CC(=O)OC6=Cc6ccccc6O)CC[C@]54O)C3)C[C@H]2O)C[C@@H](O)C1O. The zero-order valence-corrected chi connectivity index (χ0v) is 31.8. The van der Waals surface area contributed by atoms with Gasteiger partial charge in [0.2, 0.25) is 0 Å². The van der Waals surface area contributed by atoms with Gasteiger partial charge >= 0.3 is 5.97 Å². The van der Waals surface area contributed by atoms with Crippen molar-refractivity contribution in [3.05, 3.63) is 47.2 Å². The van der Waals surface area contributed by atoms with Gasteiger partial charge < -0.3 is 54.3 Å². The van der Waals surface area contributed by atoms with Gasteiger partial charge in [-0.25, -0.2) is 4.79 Å². The van der Waals surface area contributed by atoms with Crippen molar-refractivity contribution in [3.63, 3.8) is 0 Å². The van der Waals surface area contributed by atoms with E-state index in [0.717, 1.165) is 32.1 Å². The molecule has 8 rings (SSSR count). The van der Waals surface area contributed by atoms with E-state index in [1.54, 1.807) is 37.3 Å². The van der Waals surface area contributed by atoms with E-state index in [1.807, 2.05) is 13.8 Å². The summed E-state index contributed by atoms with van der Waals surface area (Å²) in [7, 11) is 0. The Balaban J connectivity index is 0.925. The van der Waals surface area contributed by atoms with Crippen LogP contribution in [0.3, 0.4) is 0 Å². The summed E-state index contributed by atoms with van der Waals surface area (Å²) in [6.45, 7) is 7.84. The Morgan fingerprint density at radius 1 is 0.833 bits per heavy atom. The molecule has 6 fully saturated rings. The zero-order chi connectivity index (χ0) is 38.3. The molecule has 3 heterocycles. The van der Waals surface area contributed by atoms with Crippen LogP contribution in [0.5, 0.6) is 5.75 Å². The van der Waals surface area contributed by atoms with E-state index in [0.29, 0.717) is 42.1 Å². The average molecular weight is 755 g/mol. The highest BCUT2D eigenvalue weighted by Crippen LogP contribution is 2.70. The van der Waals surface area contributed by atoms with Crippen LogP contribution in [0.25, 0.3) is 6.08 Å². The maximum absolute atomic E-state index is 12.9. The number of cyclic esters (lactones) is 1. The first-order chi connectivity index (χ1) is 25.6. The van der Waals surface area contributed by atoms with Crippen LogP contribution < -0.4 is 0 Å². The zero-order valence-electron chi connectivity index (χ0n) is 31.8. The minimum absolute atomic E-state index is 0.00560. The van der Waals surface area contributed by atoms with E-state index in [4.69, 9.17) is 23.7 Å². The van der Waals surface area contributed by atoms with Gasteiger partial charge in [-0.2, -0.15) is 0 Å². The van der Waals surface area contributed by atoms with Gasteiger partial charge in [-0.05, 0) is 106 Å². The molecule has 0 bridgehead atoms. The van der Waals surface area contributed by atoms with Gasteiger partial charge in [-0.15, -0.1) is 0 Å². The lowest BCUT2D eigenvalue weighted by molar-refractivity contribution is -0.318. The number of allylic oxidation sites excluding steroid dienone is 1. The lowest BCUT2D eigenvalue weighted by atomic mass is 9.42. The molecule has 2 saturated heterocycles. The molecule has 4 aliphatic carbocycles. The maximum Gasteiger partial charge on any atom is 0.336 e. The molecule has 3 aliphatic heterocycles. The molecule has 298 valence electrons. The standard InChI is InChI=1S/C42H58O12/c1-21-38(48)31(44)19-37(50-21)54-39-22(2)51-36(20-32(39)45)52-25-11-13-40(3)24(16-25)9-10-28-29(40)18-34(46)41(4)27(12-14-42(28,41)49)26-17-35(47)53-33(26)15-23-7-5-6-8-30(23)43/h5-8,15,17,21-22,24-25,27-29,31-32,34,36-39,43-46,48-49H,9-14,16,18-20H2,1-4H3/t21?,22?,24-,25+,27-,28-,29+,31-,32-,34-,36+,37+,38?,39?,40+,41+,42+/m1/s1. The summed E-state index contributed by atoms with van der Waals surface area (Å²) < 4.78 is 30.2. The summed E-state index contributed by atoms with van der Waals surface area (Å²) in [5.74, 6) is 0.103. The molecule has 0 aromatic heterocycles. The normalized spacial score (nSPS) is 49.8. The first-order valence-electron chi connectivity index (χ1n) is 20.1. The van der Waals surface area contributed by atoms with Crippen molar-refractivity contribution < 1.29 is 59.1 Å².